The number of rotatable bonds is 9. The summed E-state index contributed by atoms with van der Waals surface area (Å²) >= 11 is 0. The van der Waals surface area contributed by atoms with E-state index in [1.54, 1.807) is 21.3 Å². The Morgan fingerprint density at radius 3 is 2.55 bits per heavy atom. The second-order valence-electron chi connectivity index (χ2n) is 4.27. The molecule has 6 nitrogen and oxygen atoms in total. The fourth-order valence-corrected chi connectivity index (χ4v) is 1.73. The van der Waals surface area contributed by atoms with Gasteiger partial charge in [-0.3, -0.25) is 4.99 Å². The molecule has 0 aliphatic rings. The molecule has 0 saturated carbocycles. The van der Waals surface area contributed by atoms with Crippen molar-refractivity contribution >= 4 is 29.9 Å². The third-order valence-electron chi connectivity index (χ3n) is 2.83. The fourth-order valence-electron chi connectivity index (χ4n) is 1.73. The first-order valence-electron chi connectivity index (χ1n) is 6.95. The summed E-state index contributed by atoms with van der Waals surface area (Å²) in [6, 6.07) is 7.90. The maximum atomic E-state index is 5.38. The molecule has 0 saturated heterocycles. The predicted octanol–water partition coefficient (Wildman–Crippen LogP) is 1.64. The van der Waals surface area contributed by atoms with E-state index in [2.05, 4.69) is 15.6 Å². The van der Waals surface area contributed by atoms with Crippen molar-refractivity contribution in [2.45, 2.75) is 6.54 Å². The summed E-state index contributed by atoms with van der Waals surface area (Å²) in [6.07, 6.45) is 0. The highest BCUT2D eigenvalue weighted by atomic mass is 127. The summed E-state index contributed by atoms with van der Waals surface area (Å²) in [5.74, 6) is 1.60. The Morgan fingerprint density at radius 2 is 1.86 bits per heavy atom. The Hall–Kier alpha value is -1.06. The lowest BCUT2D eigenvalue weighted by Gasteiger charge is -2.13. The SMILES string of the molecule is CN=C(NCCOCCOC)NCc1ccccc1OC.I. The van der Waals surface area contributed by atoms with E-state index >= 15 is 0 Å². The molecule has 0 heterocycles. The van der Waals surface area contributed by atoms with Crippen LogP contribution in [-0.4, -0.2) is 53.6 Å². The number of para-hydroxylation sites is 1. The molecule has 0 spiro atoms. The zero-order valence-corrected chi connectivity index (χ0v) is 15.8. The monoisotopic (exact) mass is 423 g/mol. The van der Waals surface area contributed by atoms with Crippen LogP contribution in [0.15, 0.2) is 29.3 Å². The van der Waals surface area contributed by atoms with Gasteiger partial charge in [0.25, 0.3) is 0 Å². The van der Waals surface area contributed by atoms with Gasteiger partial charge in [0.15, 0.2) is 5.96 Å². The van der Waals surface area contributed by atoms with E-state index in [1.807, 2.05) is 24.3 Å². The molecule has 0 aliphatic carbocycles. The van der Waals surface area contributed by atoms with Crippen LogP contribution >= 0.6 is 24.0 Å². The summed E-state index contributed by atoms with van der Waals surface area (Å²) in [5.41, 5.74) is 1.08. The first kappa shape index (κ1) is 20.9. The standard InChI is InChI=1S/C15H25N3O3.HI/c1-16-15(17-8-9-21-11-10-19-2)18-12-13-6-4-5-7-14(13)20-3;/h4-7H,8-12H2,1-3H3,(H2,16,17,18);1H. The average Bonchev–Trinajstić information content (AvgIpc) is 2.53. The fraction of sp³-hybridized carbons (Fsp3) is 0.533. The van der Waals surface area contributed by atoms with Gasteiger partial charge in [0.05, 0.1) is 26.9 Å². The molecule has 0 bridgehead atoms. The number of guanidine groups is 1. The Morgan fingerprint density at radius 1 is 1.09 bits per heavy atom. The van der Waals surface area contributed by atoms with Crippen LogP contribution in [-0.2, 0) is 16.0 Å². The Bertz CT molecular complexity index is 430. The maximum Gasteiger partial charge on any atom is 0.191 e. The number of hydrogen-bond donors (Lipinski definition) is 2. The molecule has 0 unspecified atom stereocenters. The molecule has 1 aromatic carbocycles. The third kappa shape index (κ3) is 8.40. The number of methoxy groups -OCH3 is 2. The molecule has 1 rings (SSSR count). The second kappa shape index (κ2) is 13.6. The van der Waals surface area contributed by atoms with Gasteiger partial charge in [0, 0.05) is 32.8 Å². The topological polar surface area (TPSA) is 64.1 Å². The Balaban J connectivity index is 0.00000441. The van der Waals surface area contributed by atoms with E-state index < -0.39 is 0 Å². The largest absolute Gasteiger partial charge is 0.496 e. The van der Waals surface area contributed by atoms with E-state index in [-0.39, 0.29) is 24.0 Å². The summed E-state index contributed by atoms with van der Waals surface area (Å²) in [4.78, 5) is 4.17. The lowest BCUT2D eigenvalue weighted by Crippen LogP contribution is -2.38. The van der Waals surface area contributed by atoms with Crippen molar-refractivity contribution < 1.29 is 14.2 Å². The summed E-state index contributed by atoms with van der Waals surface area (Å²) in [7, 11) is 5.07. The first-order valence-corrected chi connectivity index (χ1v) is 6.95. The van der Waals surface area contributed by atoms with E-state index in [0.717, 1.165) is 17.3 Å². The van der Waals surface area contributed by atoms with Crippen molar-refractivity contribution in [2.75, 3.05) is 47.6 Å². The highest BCUT2D eigenvalue weighted by molar-refractivity contribution is 14.0. The van der Waals surface area contributed by atoms with Crippen molar-refractivity contribution in [2.24, 2.45) is 4.99 Å². The smallest absolute Gasteiger partial charge is 0.191 e. The van der Waals surface area contributed by atoms with E-state index in [1.165, 1.54) is 0 Å². The van der Waals surface area contributed by atoms with Crippen LogP contribution in [0.4, 0.5) is 0 Å². The number of nitrogens with one attached hydrogen (secondary N) is 2. The quantitative estimate of drug-likeness (QED) is 0.274. The van der Waals surface area contributed by atoms with Crippen LogP contribution in [0.2, 0.25) is 0 Å². The molecular weight excluding hydrogens is 397 g/mol. The van der Waals surface area contributed by atoms with Crippen molar-refractivity contribution in [3.8, 4) is 5.75 Å². The van der Waals surface area contributed by atoms with Crippen LogP contribution in [0.25, 0.3) is 0 Å². The summed E-state index contributed by atoms with van der Waals surface area (Å²) in [5, 5.41) is 6.43. The van der Waals surface area contributed by atoms with Crippen molar-refractivity contribution in [1.29, 1.82) is 0 Å². The van der Waals surface area contributed by atoms with Crippen molar-refractivity contribution in [3.63, 3.8) is 0 Å². The van der Waals surface area contributed by atoms with Gasteiger partial charge in [-0.05, 0) is 6.07 Å². The minimum Gasteiger partial charge on any atom is -0.496 e. The Labute approximate surface area is 149 Å². The van der Waals surface area contributed by atoms with Crippen LogP contribution in [0.1, 0.15) is 5.56 Å². The minimum atomic E-state index is 0. The number of hydrogen-bond acceptors (Lipinski definition) is 4. The molecule has 0 aliphatic heterocycles. The van der Waals surface area contributed by atoms with Crippen molar-refractivity contribution in [1.82, 2.24) is 10.6 Å². The van der Waals surface area contributed by atoms with Gasteiger partial charge in [-0.25, -0.2) is 0 Å². The molecule has 22 heavy (non-hydrogen) atoms. The number of nitrogens with zero attached hydrogens (tertiary/aromatic N) is 1. The summed E-state index contributed by atoms with van der Waals surface area (Å²) < 4.78 is 15.6. The number of aliphatic imine (C=N–C) groups is 1. The van der Waals surface area contributed by atoms with E-state index in [9.17, 15) is 0 Å². The molecule has 2 N–H and O–H groups in total. The highest BCUT2D eigenvalue weighted by Gasteiger charge is 2.02. The predicted molar refractivity (Wildman–Crippen MR) is 99.3 cm³/mol. The summed E-state index contributed by atoms with van der Waals surface area (Å²) in [6.45, 7) is 3.16. The molecule has 0 radical (unpaired) electrons. The number of halogens is 1. The number of benzene rings is 1. The lowest BCUT2D eigenvalue weighted by molar-refractivity contribution is 0.0733. The Kier molecular flexibility index (Phi) is 12.9. The van der Waals surface area contributed by atoms with Crippen LogP contribution in [0, 0.1) is 0 Å². The molecule has 0 aromatic heterocycles. The van der Waals surface area contributed by atoms with Gasteiger partial charge in [0.2, 0.25) is 0 Å². The molecule has 1 aromatic rings. The second-order valence-corrected chi connectivity index (χ2v) is 4.27. The van der Waals surface area contributed by atoms with Gasteiger partial charge in [-0.1, -0.05) is 18.2 Å². The average molecular weight is 423 g/mol. The molecule has 0 fully saturated rings. The van der Waals surface area contributed by atoms with Gasteiger partial charge in [-0.2, -0.15) is 0 Å². The van der Waals surface area contributed by atoms with E-state index in [4.69, 9.17) is 14.2 Å². The van der Waals surface area contributed by atoms with Crippen molar-refractivity contribution in [3.05, 3.63) is 29.8 Å². The first-order chi connectivity index (χ1) is 10.3. The maximum absolute atomic E-state index is 5.38. The third-order valence-corrected chi connectivity index (χ3v) is 2.83. The lowest BCUT2D eigenvalue weighted by atomic mass is 10.2. The van der Waals surface area contributed by atoms with Crippen LogP contribution in [0.5, 0.6) is 5.75 Å². The van der Waals surface area contributed by atoms with Crippen LogP contribution < -0.4 is 15.4 Å². The van der Waals surface area contributed by atoms with Gasteiger partial charge in [-0.15, -0.1) is 24.0 Å². The molecular formula is C15H26IN3O3. The molecule has 0 atom stereocenters. The minimum absolute atomic E-state index is 0. The normalized spacial score (nSPS) is 10.8. The number of ether oxygens (including phenoxy) is 3. The van der Waals surface area contributed by atoms with Gasteiger partial charge < -0.3 is 24.8 Å². The highest BCUT2D eigenvalue weighted by Crippen LogP contribution is 2.16. The molecule has 126 valence electrons. The van der Waals surface area contributed by atoms with E-state index in [0.29, 0.717) is 32.9 Å². The molecule has 0 amide bonds. The van der Waals surface area contributed by atoms with Crippen LogP contribution in [0.3, 0.4) is 0 Å². The van der Waals surface area contributed by atoms with Gasteiger partial charge >= 0.3 is 0 Å². The van der Waals surface area contributed by atoms with Gasteiger partial charge in [0.1, 0.15) is 5.75 Å². The zero-order valence-electron chi connectivity index (χ0n) is 13.4. The molecule has 7 heteroatoms. The zero-order chi connectivity index (χ0) is 15.3.